The Labute approximate surface area is 194 Å². The number of nitrogens with two attached hydrogens (primary N) is 2. The molecule has 4 amide bonds. The fraction of sp³-hybridized carbons (Fsp3) is 0.667. The molecule has 4 atom stereocenters. The molecular formula is C18H31N5O9S. The number of amides is 4. The number of nitrogens with one attached hydrogen (secondary N) is 3. The Morgan fingerprint density at radius 3 is 1.79 bits per heavy atom. The van der Waals surface area contributed by atoms with E-state index in [0.29, 0.717) is 5.75 Å². The second kappa shape index (κ2) is 15.8. The maximum atomic E-state index is 12.8. The Morgan fingerprint density at radius 2 is 1.33 bits per heavy atom. The maximum Gasteiger partial charge on any atom is 0.328 e. The van der Waals surface area contributed by atoms with Crippen molar-refractivity contribution in [3.8, 4) is 0 Å². The van der Waals surface area contributed by atoms with Gasteiger partial charge in [-0.05, 0) is 31.3 Å². The Bertz CT molecular complexity index is 721. The third kappa shape index (κ3) is 12.6. The number of thioether (sulfide) groups is 1. The van der Waals surface area contributed by atoms with E-state index in [0.717, 1.165) is 0 Å². The highest BCUT2D eigenvalue weighted by Gasteiger charge is 2.30. The highest BCUT2D eigenvalue weighted by Crippen LogP contribution is 2.06. The summed E-state index contributed by atoms with van der Waals surface area (Å²) < 4.78 is 0. The quantitative estimate of drug-likeness (QED) is 0.0997. The van der Waals surface area contributed by atoms with E-state index in [1.165, 1.54) is 11.8 Å². The van der Waals surface area contributed by atoms with Gasteiger partial charge in [-0.2, -0.15) is 11.8 Å². The molecule has 0 rings (SSSR count). The Morgan fingerprint density at radius 1 is 0.818 bits per heavy atom. The van der Waals surface area contributed by atoms with Crippen LogP contribution in [-0.2, 0) is 28.8 Å². The standard InChI is InChI=1S/C18H31N5O9S/c1-33-7-6-11(21-15(28)9(19)2-5-14(26)27)17(30)22-10(3-4-13(20)25)16(29)23-12(8-24)18(31)32/h9-12,24H,2-8,19H2,1H3,(H2,20,25)(H,21,28)(H,22,30)(H,23,29)(H,26,27)(H,31,32). The van der Waals surface area contributed by atoms with Gasteiger partial charge in [-0.1, -0.05) is 0 Å². The second-order valence-electron chi connectivity index (χ2n) is 7.03. The summed E-state index contributed by atoms with van der Waals surface area (Å²) in [6.07, 6.45) is 0.839. The largest absolute Gasteiger partial charge is 0.481 e. The van der Waals surface area contributed by atoms with Gasteiger partial charge in [-0.15, -0.1) is 0 Å². The number of rotatable bonds is 17. The summed E-state index contributed by atoms with van der Waals surface area (Å²) in [5.41, 5.74) is 10.8. The van der Waals surface area contributed by atoms with Gasteiger partial charge < -0.3 is 42.7 Å². The van der Waals surface area contributed by atoms with Crippen LogP contribution >= 0.6 is 11.8 Å². The molecule has 188 valence electrons. The molecule has 0 saturated heterocycles. The van der Waals surface area contributed by atoms with Crippen molar-refractivity contribution in [2.24, 2.45) is 11.5 Å². The minimum absolute atomic E-state index is 0.142. The van der Waals surface area contributed by atoms with Crippen molar-refractivity contribution in [3.05, 3.63) is 0 Å². The van der Waals surface area contributed by atoms with Gasteiger partial charge in [0.05, 0.1) is 12.6 Å². The smallest absolute Gasteiger partial charge is 0.328 e. The lowest BCUT2D eigenvalue weighted by molar-refractivity contribution is -0.143. The molecule has 0 saturated carbocycles. The summed E-state index contributed by atoms with van der Waals surface area (Å²) in [7, 11) is 0. The van der Waals surface area contributed by atoms with E-state index < -0.39 is 66.3 Å². The molecule has 14 nitrogen and oxygen atoms in total. The van der Waals surface area contributed by atoms with Crippen molar-refractivity contribution < 1.29 is 44.1 Å². The first-order valence-corrected chi connectivity index (χ1v) is 11.3. The number of aliphatic carboxylic acids is 2. The van der Waals surface area contributed by atoms with Crippen LogP contribution in [0.3, 0.4) is 0 Å². The van der Waals surface area contributed by atoms with Gasteiger partial charge in [0.2, 0.25) is 23.6 Å². The first-order chi connectivity index (χ1) is 15.4. The van der Waals surface area contributed by atoms with E-state index in [4.69, 9.17) is 26.8 Å². The van der Waals surface area contributed by atoms with Crippen molar-refractivity contribution in [1.29, 1.82) is 0 Å². The topological polar surface area (TPSA) is 251 Å². The van der Waals surface area contributed by atoms with Gasteiger partial charge in [0.1, 0.15) is 18.1 Å². The summed E-state index contributed by atoms with van der Waals surface area (Å²) in [5, 5.41) is 33.6. The van der Waals surface area contributed by atoms with Crippen LogP contribution in [0.2, 0.25) is 0 Å². The van der Waals surface area contributed by atoms with Crippen LogP contribution in [0.4, 0.5) is 0 Å². The van der Waals surface area contributed by atoms with E-state index in [-0.39, 0.29) is 32.1 Å². The van der Waals surface area contributed by atoms with Crippen LogP contribution in [-0.4, -0.2) is 93.7 Å². The summed E-state index contributed by atoms with van der Waals surface area (Å²) in [6.45, 7) is -0.905. The molecule has 15 heteroatoms. The SMILES string of the molecule is CSCCC(NC(=O)C(N)CCC(=O)O)C(=O)NC(CCC(N)=O)C(=O)NC(CO)C(=O)O. The van der Waals surface area contributed by atoms with Gasteiger partial charge >= 0.3 is 11.9 Å². The van der Waals surface area contributed by atoms with E-state index in [9.17, 15) is 28.8 Å². The molecule has 10 N–H and O–H groups in total. The van der Waals surface area contributed by atoms with Gasteiger partial charge in [0.15, 0.2) is 0 Å². The molecule has 0 fully saturated rings. The van der Waals surface area contributed by atoms with Gasteiger partial charge in [-0.3, -0.25) is 24.0 Å². The molecule has 0 aliphatic heterocycles. The number of carbonyl (C=O) groups excluding carboxylic acids is 4. The molecule has 0 aromatic rings. The van der Waals surface area contributed by atoms with Crippen molar-refractivity contribution in [2.45, 2.75) is 56.3 Å². The average Bonchev–Trinajstić information content (AvgIpc) is 2.74. The number of primary amides is 1. The zero-order valence-electron chi connectivity index (χ0n) is 18.1. The Kier molecular flexibility index (Phi) is 14.4. The third-order valence-corrected chi connectivity index (χ3v) is 5.00. The highest BCUT2D eigenvalue weighted by molar-refractivity contribution is 7.98. The molecule has 4 unspecified atom stereocenters. The lowest BCUT2D eigenvalue weighted by Crippen LogP contribution is -2.57. The lowest BCUT2D eigenvalue weighted by atomic mass is 10.1. The fourth-order valence-corrected chi connectivity index (χ4v) is 2.95. The monoisotopic (exact) mass is 493 g/mol. The fourth-order valence-electron chi connectivity index (χ4n) is 2.48. The zero-order chi connectivity index (χ0) is 25.6. The van der Waals surface area contributed by atoms with Crippen LogP contribution in [0, 0.1) is 0 Å². The highest BCUT2D eigenvalue weighted by atomic mass is 32.2. The van der Waals surface area contributed by atoms with E-state index >= 15 is 0 Å². The molecular weight excluding hydrogens is 462 g/mol. The van der Waals surface area contributed by atoms with Crippen molar-refractivity contribution in [2.75, 3.05) is 18.6 Å². The van der Waals surface area contributed by atoms with Crippen LogP contribution in [0.25, 0.3) is 0 Å². The van der Waals surface area contributed by atoms with Crippen LogP contribution in [0.5, 0.6) is 0 Å². The zero-order valence-corrected chi connectivity index (χ0v) is 18.9. The van der Waals surface area contributed by atoms with Gasteiger partial charge in [0, 0.05) is 12.8 Å². The van der Waals surface area contributed by atoms with Gasteiger partial charge in [0.25, 0.3) is 0 Å². The number of carboxylic acid groups (broad SMARTS) is 2. The van der Waals surface area contributed by atoms with E-state index in [1.54, 1.807) is 6.26 Å². The van der Waals surface area contributed by atoms with E-state index in [2.05, 4.69) is 10.6 Å². The first kappa shape index (κ1) is 30.1. The molecule has 0 heterocycles. The molecule has 0 aromatic carbocycles. The Balaban J connectivity index is 5.40. The van der Waals surface area contributed by atoms with E-state index in [1.807, 2.05) is 5.32 Å². The number of aliphatic hydroxyl groups excluding tert-OH is 1. The van der Waals surface area contributed by atoms with Gasteiger partial charge in [-0.25, -0.2) is 4.79 Å². The van der Waals surface area contributed by atoms with Crippen LogP contribution in [0.15, 0.2) is 0 Å². The average molecular weight is 494 g/mol. The second-order valence-corrected chi connectivity index (χ2v) is 8.02. The number of carbonyl (C=O) groups is 6. The Hall–Kier alpha value is -2.91. The molecule has 0 bridgehead atoms. The molecule has 0 radical (unpaired) electrons. The molecule has 0 aliphatic rings. The van der Waals surface area contributed by atoms with Crippen molar-refractivity contribution in [3.63, 3.8) is 0 Å². The minimum Gasteiger partial charge on any atom is -0.481 e. The maximum absolute atomic E-state index is 12.8. The molecule has 0 aliphatic carbocycles. The van der Waals surface area contributed by atoms with Crippen molar-refractivity contribution in [1.82, 2.24) is 16.0 Å². The normalized spacial score (nSPS) is 14.3. The van der Waals surface area contributed by atoms with Crippen LogP contribution in [0.1, 0.15) is 32.1 Å². The summed E-state index contributed by atoms with van der Waals surface area (Å²) in [4.78, 5) is 70.4. The molecule has 0 spiro atoms. The summed E-state index contributed by atoms with van der Waals surface area (Å²) in [5.74, 6) is -5.51. The summed E-state index contributed by atoms with van der Waals surface area (Å²) >= 11 is 1.38. The number of carboxylic acids is 2. The number of hydrogen-bond donors (Lipinski definition) is 8. The summed E-state index contributed by atoms with van der Waals surface area (Å²) in [6, 6.07) is -5.34. The minimum atomic E-state index is -1.63. The third-order valence-electron chi connectivity index (χ3n) is 4.36. The number of hydrogen-bond acceptors (Lipinski definition) is 9. The molecule has 0 aromatic heterocycles. The molecule has 33 heavy (non-hydrogen) atoms. The van der Waals surface area contributed by atoms with Crippen LogP contribution < -0.4 is 27.4 Å². The lowest BCUT2D eigenvalue weighted by Gasteiger charge is -2.24. The number of aliphatic hydroxyl groups is 1. The predicted molar refractivity (Wildman–Crippen MR) is 117 cm³/mol. The van der Waals surface area contributed by atoms with Crippen molar-refractivity contribution >= 4 is 47.3 Å². The predicted octanol–water partition coefficient (Wildman–Crippen LogP) is -3.27. The first-order valence-electron chi connectivity index (χ1n) is 9.92.